The summed E-state index contributed by atoms with van der Waals surface area (Å²) in [6.45, 7) is -0.0935. The quantitative estimate of drug-likeness (QED) is 0.322. The maximum Gasteiger partial charge on any atom is 0.354 e. The SMILES string of the molecule is CS(=O)(=O)c1ccc2c3oc(=O)c(Sc4cccc(F)c4)c(O)c3c(=O)n(Cc3ccc(F)cc3)c2c1. The Kier molecular flexibility index (Phi) is 6.12. The molecule has 11 heteroatoms. The van der Waals surface area contributed by atoms with Gasteiger partial charge in [0.2, 0.25) is 0 Å². The zero-order valence-electron chi connectivity index (χ0n) is 19.1. The normalized spacial score (nSPS) is 11.9. The molecule has 0 aliphatic heterocycles. The molecule has 0 atom stereocenters. The Morgan fingerprint density at radius 3 is 2.38 bits per heavy atom. The second-order valence-corrected chi connectivity index (χ2v) is 11.4. The predicted molar refractivity (Wildman–Crippen MR) is 135 cm³/mol. The minimum Gasteiger partial charge on any atom is -0.505 e. The van der Waals surface area contributed by atoms with Crippen molar-refractivity contribution in [1.29, 1.82) is 0 Å². The van der Waals surface area contributed by atoms with Crippen molar-refractivity contribution >= 4 is 43.5 Å². The summed E-state index contributed by atoms with van der Waals surface area (Å²) in [6.07, 6.45) is 1.01. The van der Waals surface area contributed by atoms with Gasteiger partial charge in [-0.1, -0.05) is 30.0 Å². The highest BCUT2D eigenvalue weighted by molar-refractivity contribution is 7.99. The fourth-order valence-electron chi connectivity index (χ4n) is 3.97. The maximum absolute atomic E-state index is 13.7. The van der Waals surface area contributed by atoms with Crippen LogP contribution in [0.2, 0.25) is 0 Å². The lowest BCUT2D eigenvalue weighted by Crippen LogP contribution is -2.23. The van der Waals surface area contributed by atoms with Crippen LogP contribution in [0, 0.1) is 11.6 Å². The minimum absolute atomic E-state index is 0.0727. The second-order valence-electron chi connectivity index (χ2n) is 8.30. The van der Waals surface area contributed by atoms with Gasteiger partial charge in [-0.25, -0.2) is 22.0 Å². The standard InChI is InChI=1S/C26H17F2NO6S2/c1-37(33,34)18-9-10-19-20(12-18)29(13-14-5-7-15(27)8-6-14)25(31)21-22(30)24(26(32)35-23(19)21)36-17-4-2-3-16(28)11-17/h2-12,30H,13H2,1H3. The first-order valence-electron chi connectivity index (χ1n) is 10.8. The molecule has 0 unspecified atom stereocenters. The van der Waals surface area contributed by atoms with Gasteiger partial charge >= 0.3 is 5.63 Å². The molecule has 0 saturated carbocycles. The van der Waals surface area contributed by atoms with Gasteiger partial charge in [-0.3, -0.25) is 4.79 Å². The number of benzene rings is 3. The van der Waals surface area contributed by atoms with Crippen LogP contribution in [0.3, 0.4) is 0 Å². The molecule has 0 fully saturated rings. The van der Waals surface area contributed by atoms with Gasteiger partial charge in [0, 0.05) is 16.5 Å². The van der Waals surface area contributed by atoms with E-state index in [1.54, 1.807) is 0 Å². The van der Waals surface area contributed by atoms with E-state index in [1.807, 2.05) is 0 Å². The highest BCUT2D eigenvalue weighted by Crippen LogP contribution is 2.37. The highest BCUT2D eigenvalue weighted by Gasteiger charge is 2.23. The fraction of sp³-hybridized carbons (Fsp3) is 0.0769. The summed E-state index contributed by atoms with van der Waals surface area (Å²) in [4.78, 5) is 26.5. The smallest absolute Gasteiger partial charge is 0.354 e. The third-order valence-electron chi connectivity index (χ3n) is 5.72. The van der Waals surface area contributed by atoms with E-state index in [9.17, 15) is 31.9 Å². The van der Waals surface area contributed by atoms with Gasteiger partial charge in [0.1, 0.15) is 21.9 Å². The van der Waals surface area contributed by atoms with E-state index >= 15 is 0 Å². The average molecular weight is 542 g/mol. The van der Waals surface area contributed by atoms with E-state index in [0.717, 1.165) is 24.1 Å². The third-order valence-corrected chi connectivity index (χ3v) is 7.88. The monoisotopic (exact) mass is 541 g/mol. The van der Waals surface area contributed by atoms with Crippen LogP contribution >= 0.6 is 11.8 Å². The molecule has 0 saturated heterocycles. The van der Waals surface area contributed by atoms with Crippen molar-refractivity contribution < 1.29 is 26.7 Å². The summed E-state index contributed by atoms with van der Waals surface area (Å²) in [5.74, 6) is -1.67. The lowest BCUT2D eigenvalue weighted by molar-refractivity contribution is 0.446. The zero-order chi connectivity index (χ0) is 26.5. The topological polar surface area (TPSA) is 107 Å². The Bertz CT molecular complexity index is 1930. The first-order valence-corrected chi connectivity index (χ1v) is 13.5. The number of hydrogen-bond donors (Lipinski definition) is 1. The molecule has 37 heavy (non-hydrogen) atoms. The molecular weight excluding hydrogens is 524 g/mol. The number of pyridine rings is 1. The van der Waals surface area contributed by atoms with Crippen molar-refractivity contribution in [2.75, 3.05) is 6.26 Å². The molecule has 0 aliphatic carbocycles. The van der Waals surface area contributed by atoms with E-state index in [-0.39, 0.29) is 38.2 Å². The van der Waals surface area contributed by atoms with Crippen molar-refractivity contribution in [2.45, 2.75) is 21.2 Å². The molecule has 0 amide bonds. The summed E-state index contributed by atoms with van der Waals surface area (Å²) < 4.78 is 58.2. The fourth-order valence-corrected chi connectivity index (χ4v) is 5.48. The van der Waals surface area contributed by atoms with Gasteiger partial charge in [-0.2, -0.15) is 0 Å². The molecule has 0 aliphatic rings. The summed E-state index contributed by atoms with van der Waals surface area (Å²) in [7, 11) is -3.66. The van der Waals surface area contributed by atoms with E-state index < -0.39 is 38.4 Å². The first-order chi connectivity index (χ1) is 17.5. The number of aromatic nitrogens is 1. The number of fused-ring (bicyclic) bond motifs is 3. The van der Waals surface area contributed by atoms with Crippen molar-refractivity contribution in [3.63, 3.8) is 0 Å². The molecule has 5 aromatic rings. The third kappa shape index (κ3) is 4.63. The Hall–Kier alpha value is -3.96. The van der Waals surface area contributed by atoms with Crippen molar-refractivity contribution in [3.8, 4) is 5.75 Å². The molecule has 0 radical (unpaired) electrons. The largest absolute Gasteiger partial charge is 0.505 e. The van der Waals surface area contributed by atoms with Gasteiger partial charge in [0.15, 0.2) is 21.2 Å². The van der Waals surface area contributed by atoms with Crippen LogP contribution in [0.4, 0.5) is 8.78 Å². The van der Waals surface area contributed by atoms with Crippen LogP contribution in [-0.4, -0.2) is 24.3 Å². The summed E-state index contributed by atoms with van der Waals surface area (Å²) >= 11 is 0.736. The van der Waals surface area contributed by atoms with Crippen molar-refractivity contribution in [3.05, 3.63) is 105 Å². The van der Waals surface area contributed by atoms with E-state index in [4.69, 9.17) is 4.42 Å². The van der Waals surface area contributed by atoms with E-state index in [2.05, 4.69) is 0 Å². The van der Waals surface area contributed by atoms with Crippen LogP contribution in [0.15, 0.2) is 95.4 Å². The Labute approximate surface area is 212 Å². The number of rotatable bonds is 5. The summed E-state index contributed by atoms with van der Waals surface area (Å²) in [6, 6.07) is 14.7. The van der Waals surface area contributed by atoms with Gasteiger partial charge in [0.25, 0.3) is 5.56 Å². The number of nitrogens with zero attached hydrogens (tertiary/aromatic N) is 1. The molecule has 3 aromatic carbocycles. The van der Waals surface area contributed by atoms with Crippen molar-refractivity contribution in [2.24, 2.45) is 0 Å². The summed E-state index contributed by atoms with van der Waals surface area (Å²) in [5.41, 5.74) is -1.28. The Morgan fingerprint density at radius 2 is 1.70 bits per heavy atom. The molecule has 188 valence electrons. The lowest BCUT2D eigenvalue weighted by atomic mass is 10.1. The molecule has 0 spiro atoms. The van der Waals surface area contributed by atoms with Crippen LogP contribution < -0.4 is 11.2 Å². The first kappa shape index (κ1) is 24.7. The number of halogens is 2. The van der Waals surface area contributed by atoms with Gasteiger partial charge in [0.05, 0.1) is 17.0 Å². The lowest BCUT2D eigenvalue weighted by Gasteiger charge is -2.15. The van der Waals surface area contributed by atoms with Crippen molar-refractivity contribution in [1.82, 2.24) is 4.57 Å². The van der Waals surface area contributed by atoms with Gasteiger partial charge in [-0.05, 0) is 54.1 Å². The zero-order valence-corrected chi connectivity index (χ0v) is 20.7. The molecule has 2 heterocycles. The van der Waals surface area contributed by atoms with Crippen LogP contribution in [0.5, 0.6) is 5.75 Å². The maximum atomic E-state index is 13.7. The molecule has 1 N–H and O–H groups in total. The summed E-state index contributed by atoms with van der Waals surface area (Å²) in [5, 5.41) is 11.0. The predicted octanol–water partition coefficient (Wildman–Crippen LogP) is 4.69. The molecule has 7 nitrogen and oxygen atoms in total. The van der Waals surface area contributed by atoms with Crippen LogP contribution in [0.1, 0.15) is 5.56 Å². The minimum atomic E-state index is -3.66. The number of aromatic hydroxyl groups is 1. The van der Waals surface area contributed by atoms with Gasteiger partial charge < -0.3 is 14.1 Å². The highest BCUT2D eigenvalue weighted by atomic mass is 32.2. The molecule has 0 bridgehead atoms. The Balaban J connectivity index is 1.83. The van der Waals surface area contributed by atoms with Gasteiger partial charge in [-0.15, -0.1) is 0 Å². The van der Waals surface area contributed by atoms with Crippen LogP contribution in [0.25, 0.3) is 21.9 Å². The molecular formula is C26H17F2NO6S2. The average Bonchev–Trinajstić information content (AvgIpc) is 2.84. The van der Waals surface area contributed by atoms with Crippen LogP contribution in [-0.2, 0) is 16.4 Å². The van der Waals surface area contributed by atoms with E-state index in [0.29, 0.717) is 10.5 Å². The Morgan fingerprint density at radius 1 is 0.973 bits per heavy atom. The number of sulfone groups is 1. The molecule has 5 rings (SSSR count). The van der Waals surface area contributed by atoms with E-state index in [1.165, 1.54) is 65.2 Å². The number of hydrogen-bond acceptors (Lipinski definition) is 7. The second kappa shape index (κ2) is 9.16. The molecule has 2 aromatic heterocycles.